The van der Waals surface area contributed by atoms with Gasteiger partial charge in [-0.2, -0.15) is 0 Å². The highest BCUT2D eigenvalue weighted by molar-refractivity contribution is 7.89. The number of benzene rings is 1. The number of carboxylic acids is 1. The molecule has 1 rings (SSSR count). The second-order valence-electron chi connectivity index (χ2n) is 4.00. The molecule has 0 spiro atoms. The first kappa shape index (κ1) is 15.4. The lowest BCUT2D eigenvalue weighted by atomic mass is 10.2. The number of unbranched alkanes of at least 4 members (excludes halogenated alkanes) is 1. The summed E-state index contributed by atoms with van der Waals surface area (Å²) >= 11 is 0. The highest BCUT2D eigenvalue weighted by Crippen LogP contribution is 2.12. The molecule has 0 saturated heterocycles. The van der Waals surface area contributed by atoms with E-state index in [-0.39, 0.29) is 4.90 Å². The number of carboxylic acid groups (broad SMARTS) is 1. The summed E-state index contributed by atoms with van der Waals surface area (Å²) in [5.74, 6) is -1.07. The molecule has 0 heterocycles. The van der Waals surface area contributed by atoms with Crippen LogP contribution in [0.25, 0.3) is 6.08 Å². The molecule has 0 bridgehead atoms. The zero-order chi connectivity index (χ0) is 14.3. The van der Waals surface area contributed by atoms with Crippen LogP contribution in [0.15, 0.2) is 35.2 Å². The Hall–Kier alpha value is -1.66. The summed E-state index contributed by atoms with van der Waals surface area (Å²) in [4.78, 5) is 10.5. The van der Waals surface area contributed by atoms with Gasteiger partial charge in [-0.3, -0.25) is 0 Å². The van der Waals surface area contributed by atoms with Crippen LogP contribution in [0.5, 0.6) is 0 Å². The van der Waals surface area contributed by atoms with Crippen LogP contribution in [-0.2, 0) is 14.8 Å². The van der Waals surface area contributed by atoms with Gasteiger partial charge in [0.05, 0.1) is 4.90 Å². The summed E-state index contributed by atoms with van der Waals surface area (Å²) in [6.07, 6.45) is 4.01. The second-order valence-corrected chi connectivity index (χ2v) is 5.76. The van der Waals surface area contributed by atoms with Gasteiger partial charge in [0.15, 0.2) is 0 Å². The smallest absolute Gasteiger partial charge is 0.328 e. The van der Waals surface area contributed by atoms with Crippen molar-refractivity contribution >= 4 is 22.1 Å². The van der Waals surface area contributed by atoms with Crippen LogP contribution in [0.3, 0.4) is 0 Å². The number of rotatable bonds is 7. The number of sulfonamides is 1. The molecule has 0 aromatic heterocycles. The number of carbonyl (C=O) groups is 1. The predicted molar refractivity (Wildman–Crippen MR) is 73.2 cm³/mol. The molecule has 1 aromatic rings. The Bertz CT molecular complexity index is 564. The van der Waals surface area contributed by atoms with Gasteiger partial charge in [-0.1, -0.05) is 25.5 Å². The van der Waals surface area contributed by atoms with Crippen molar-refractivity contribution in [1.29, 1.82) is 0 Å². The summed E-state index contributed by atoms with van der Waals surface area (Å²) in [6, 6.07) is 6.14. The molecule has 5 nitrogen and oxygen atoms in total. The molecule has 0 radical (unpaired) electrons. The highest BCUT2D eigenvalue weighted by Gasteiger charge is 2.12. The molecule has 0 atom stereocenters. The third-order valence-electron chi connectivity index (χ3n) is 2.41. The Morgan fingerprint density at radius 2 is 2.16 bits per heavy atom. The van der Waals surface area contributed by atoms with Gasteiger partial charge in [-0.15, -0.1) is 0 Å². The first-order chi connectivity index (χ1) is 8.95. The molecule has 104 valence electrons. The van der Waals surface area contributed by atoms with E-state index < -0.39 is 16.0 Å². The summed E-state index contributed by atoms with van der Waals surface area (Å²) in [7, 11) is -3.52. The predicted octanol–water partition coefficient (Wildman–Crippen LogP) is 1.86. The first-order valence-corrected chi connectivity index (χ1v) is 7.45. The van der Waals surface area contributed by atoms with Crippen molar-refractivity contribution in [2.24, 2.45) is 0 Å². The first-order valence-electron chi connectivity index (χ1n) is 5.96. The number of aliphatic carboxylic acids is 1. The van der Waals surface area contributed by atoms with Gasteiger partial charge in [0, 0.05) is 12.6 Å². The average Bonchev–Trinajstić information content (AvgIpc) is 2.37. The van der Waals surface area contributed by atoms with Gasteiger partial charge in [0.25, 0.3) is 0 Å². The maximum absolute atomic E-state index is 11.9. The van der Waals surface area contributed by atoms with Crippen LogP contribution in [0.2, 0.25) is 0 Å². The van der Waals surface area contributed by atoms with E-state index in [9.17, 15) is 13.2 Å². The minimum atomic E-state index is -3.52. The topological polar surface area (TPSA) is 83.5 Å². The zero-order valence-electron chi connectivity index (χ0n) is 10.7. The third kappa shape index (κ3) is 5.23. The lowest BCUT2D eigenvalue weighted by molar-refractivity contribution is -0.131. The van der Waals surface area contributed by atoms with Gasteiger partial charge < -0.3 is 5.11 Å². The maximum Gasteiger partial charge on any atom is 0.328 e. The van der Waals surface area contributed by atoms with Gasteiger partial charge in [0.2, 0.25) is 10.0 Å². The molecule has 6 heteroatoms. The molecule has 0 aliphatic heterocycles. The van der Waals surface area contributed by atoms with Crippen LogP contribution in [-0.4, -0.2) is 26.0 Å². The van der Waals surface area contributed by atoms with E-state index in [4.69, 9.17) is 5.11 Å². The Morgan fingerprint density at radius 3 is 2.79 bits per heavy atom. The van der Waals surface area contributed by atoms with Crippen molar-refractivity contribution in [2.75, 3.05) is 6.54 Å². The fourth-order valence-corrected chi connectivity index (χ4v) is 2.55. The second kappa shape index (κ2) is 7.06. The summed E-state index contributed by atoms with van der Waals surface area (Å²) < 4.78 is 26.4. The van der Waals surface area contributed by atoms with Crippen molar-refractivity contribution in [3.63, 3.8) is 0 Å². The third-order valence-corrected chi connectivity index (χ3v) is 3.87. The standard InChI is InChI=1S/C13H17NO4S/c1-2-3-9-14-19(17,18)12-6-4-5-11(10-12)7-8-13(15)16/h4-8,10,14H,2-3,9H2,1H3,(H,15,16). The van der Waals surface area contributed by atoms with Crippen LogP contribution in [0.1, 0.15) is 25.3 Å². The van der Waals surface area contributed by atoms with Crippen molar-refractivity contribution in [1.82, 2.24) is 4.72 Å². The Balaban J connectivity index is 2.89. The molecular formula is C13H17NO4S. The van der Waals surface area contributed by atoms with Crippen LogP contribution in [0, 0.1) is 0 Å². The number of hydrogen-bond donors (Lipinski definition) is 2. The van der Waals surface area contributed by atoms with E-state index in [1.54, 1.807) is 12.1 Å². The number of hydrogen-bond acceptors (Lipinski definition) is 3. The molecule has 0 saturated carbocycles. The molecule has 0 amide bonds. The van der Waals surface area contributed by atoms with Crippen LogP contribution < -0.4 is 4.72 Å². The fourth-order valence-electron chi connectivity index (χ4n) is 1.42. The Labute approximate surface area is 113 Å². The molecule has 0 aliphatic carbocycles. The normalized spacial score (nSPS) is 11.8. The largest absolute Gasteiger partial charge is 0.478 e. The average molecular weight is 283 g/mol. The lowest BCUT2D eigenvalue weighted by Gasteiger charge is -2.06. The van der Waals surface area contributed by atoms with Gasteiger partial charge in [-0.05, 0) is 30.2 Å². The summed E-state index contributed by atoms with van der Waals surface area (Å²) in [6.45, 7) is 2.37. The minimum absolute atomic E-state index is 0.135. The van der Waals surface area contributed by atoms with E-state index in [0.717, 1.165) is 18.9 Å². The molecule has 19 heavy (non-hydrogen) atoms. The molecule has 0 aliphatic rings. The molecule has 2 N–H and O–H groups in total. The maximum atomic E-state index is 11.9. The van der Waals surface area contributed by atoms with E-state index in [1.807, 2.05) is 6.92 Å². The SMILES string of the molecule is CCCCNS(=O)(=O)c1cccc(C=CC(=O)O)c1. The van der Waals surface area contributed by atoms with Gasteiger partial charge in [-0.25, -0.2) is 17.9 Å². The molecule has 0 fully saturated rings. The lowest BCUT2D eigenvalue weighted by Crippen LogP contribution is -2.24. The quantitative estimate of drug-likeness (QED) is 0.591. The van der Waals surface area contributed by atoms with Crippen molar-refractivity contribution in [2.45, 2.75) is 24.7 Å². The van der Waals surface area contributed by atoms with Gasteiger partial charge >= 0.3 is 5.97 Å². The van der Waals surface area contributed by atoms with Gasteiger partial charge in [0.1, 0.15) is 0 Å². The van der Waals surface area contributed by atoms with E-state index >= 15 is 0 Å². The molecule has 0 unspecified atom stereocenters. The zero-order valence-corrected chi connectivity index (χ0v) is 11.5. The Morgan fingerprint density at radius 1 is 1.42 bits per heavy atom. The highest BCUT2D eigenvalue weighted by atomic mass is 32.2. The monoisotopic (exact) mass is 283 g/mol. The van der Waals surface area contributed by atoms with Crippen molar-refractivity contribution < 1.29 is 18.3 Å². The van der Waals surface area contributed by atoms with Crippen LogP contribution >= 0.6 is 0 Å². The molecule has 1 aromatic carbocycles. The van der Waals surface area contributed by atoms with E-state index in [1.165, 1.54) is 18.2 Å². The van der Waals surface area contributed by atoms with E-state index in [0.29, 0.717) is 12.1 Å². The minimum Gasteiger partial charge on any atom is -0.478 e. The summed E-state index contributed by atoms with van der Waals surface area (Å²) in [5.41, 5.74) is 0.528. The fraction of sp³-hybridized carbons (Fsp3) is 0.308. The van der Waals surface area contributed by atoms with Crippen molar-refractivity contribution in [3.05, 3.63) is 35.9 Å². The number of nitrogens with one attached hydrogen (secondary N) is 1. The van der Waals surface area contributed by atoms with Crippen molar-refractivity contribution in [3.8, 4) is 0 Å². The van der Waals surface area contributed by atoms with E-state index in [2.05, 4.69) is 4.72 Å². The molecular weight excluding hydrogens is 266 g/mol. The van der Waals surface area contributed by atoms with Crippen LogP contribution in [0.4, 0.5) is 0 Å². The summed E-state index contributed by atoms with van der Waals surface area (Å²) in [5, 5.41) is 8.53. The Kier molecular flexibility index (Phi) is 5.72.